The lowest BCUT2D eigenvalue weighted by Crippen LogP contribution is -2.29. The van der Waals surface area contributed by atoms with Crippen molar-refractivity contribution in [3.8, 4) is 11.3 Å². The topological polar surface area (TPSA) is 51.0 Å². The van der Waals surface area contributed by atoms with Gasteiger partial charge in [-0.05, 0) is 25.8 Å². The third-order valence-electron chi connectivity index (χ3n) is 6.31. The number of hydrogen-bond donors (Lipinski definition) is 0. The van der Waals surface area contributed by atoms with Crippen LogP contribution < -0.4 is 0 Å². The molecule has 2 aliphatic carbocycles. The normalized spacial score (nSPS) is 26.5. The fourth-order valence-electron chi connectivity index (χ4n) is 4.55. The molecule has 0 spiro atoms. The summed E-state index contributed by atoms with van der Waals surface area (Å²) in [5.74, 6) is 2.30. The smallest absolute Gasteiger partial charge is 0.342 e. The van der Waals surface area contributed by atoms with Gasteiger partial charge in [0, 0.05) is 67.5 Å². The van der Waals surface area contributed by atoms with Crippen molar-refractivity contribution < 1.29 is 18.0 Å². The molecular formula is C20H21F3N4O. The van der Waals surface area contributed by atoms with Gasteiger partial charge in [-0.3, -0.25) is 9.78 Å². The van der Waals surface area contributed by atoms with Crippen LogP contribution in [0.3, 0.4) is 0 Å². The van der Waals surface area contributed by atoms with E-state index < -0.39 is 11.7 Å². The molecule has 8 heteroatoms. The van der Waals surface area contributed by atoms with Crippen LogP contribution in [0.25, 0.3) is 11.3 Å². The number of alkyl halides is 3. The first kappa shape index (κ1) is 17.7. The fraction of sp³-hybridized carbons (Fsp3) is 0.550. The van der Waals surface area contributed by atoms with E-state index in [-0.39, 0.29) is 11.6 Å². The molecule has 3 fully saturated rings. The molecular weight excluding hydrogens is 369 g/mol. The van der Waals surface area contributed by atoms with E-state index in [2.05, 4.69) is 9.55 Å². The van der Waals surface area contributed by atoms with Crippen LogP contribution in [0.15, 0.2) is 18.5 Å². The number of rotatable bonds is 3. The van der Waals surface area contributed by atoms with Crippen molar-refractivity contribution in [3.63, 3.8) is 0 Å². The minimum Gasteiger partial charge on any atom is -0.342 e. The average Bonchev–Trinajstić information content (AvgIpc) is 3.49. The molecule has 1 saturated heterocycles. The minimum atomic E-state index is -4.43. The second kappa shape index (κ2) is 5.81. The van der Waals surface area contributed by atoms with Gasteiger partial charge < -0.3 is 9.47 Å². The highest BCUT2D eigenvalue weighted by atomic mass is 19.4. The molecule has 3 atom stereocenters. The molecule has 1 amide bonds. The van der Waals surface area contributed by atoms with E-state index in [9.17, 15) is 18.0 Å². The summed E-state index contributed by atoms with van der Waals surface area (Å²) in [5, 5.41) is 0. The summed E-state index contributed by atoms with van der Waals surface area (Å²) in [4.78, 5) is 22.1. The molecule has 148 valence electrons. The summed E-state index contributed by atoms with van der Waals surface area (Å²) < 4.78 is 42.0. The Morgan fingerprint density at radius 3 is 2.46 bits per heavy atom. The fourth-order valence-corrected chi connectivity index (χ4v) is 4.55. The van der Waals surface area contributed by atoms with Crippen LogP contribution in [-0.4, -0.2) is 38.4 Å². The summed E-state index contributed by atoms with van der Waals surface area (Å²) in [5.41, 5.74) is 0.204. The second-order valence-electron chi connectivity index (χ2n) is 8.26. The lowest BCUT2D eigenvalue weighted by atomic mass is 10.1. The molecule has 0 unspecified atom stereocenters. The number of nitrogens with zero attached hydrogens (tertiary/aromatic N) is 4. The van der Waals surface area contributed by atoms with Gasteiger partial charge in [-0.15, -0.1) is 0 Å². The number of aryl methyl sites for hydroxylation is 1. The number of pyridine rings is 1. The molecule has 2 aromatic rings. The van der Waals surface area contributed by atoms with Gasteiger partial charge in [0.05, 0.1) is 11.3 Å². The van der Waals surface area contributed by atoms with Crippen LogP contribution in [0.2, 0.25) is 0 Å². The Hall–Kier alpha value is -2.38. The Labute approximate surface area is 160 Å². The zero-order valence-electron chi connectivity index (χ0n) is 15.7. The number of piperidine rings is 1. The van der Waals surface area contributed by atoms with Gasteiger partial charge >= 0.3 is 6.18 Å². The molecule has 3 aliphatic rings. The predicted molar refractivity (Wildman–Crippen MR) is 95.4 cm³/mol. The lowest BCUT2D eigenvalue weighted by molar-refractivity contribution is -0.138. The highest BCUT2D eigenvalue weighted by Crippen LogP contribution is 2.57. The Kier molecular flexibility index (Phi) is 3.67. The molecule has 1 aliphatic heterocycles. The van der Waals surface area contributed by atoms with Gasteiger partial charge in [0.1, 0.15) is 5.82 Å². The van der Waals surface area contributed by atoms with Gasteiger partial charge in [-0.1, -0.05) is 0 Å². The first-order chi connectivity index (χ1) is 13.2. The van der Waals surface area contributed by atoms with Crippen LogP contribution in [0.4, 0.5) is 13.2 Å². The molecule has 0 N–H and O–H groups in total. The summed E-state index contributed by atoms with van der Waals surface area (Å²) in [6.07, 6.45) is 1.06. The summed E-state index contributed by atoms with van der Waals surface area (Å²) in [6.45, 7) is 4.47. The highest BCUT2D eigenvalue weighted by Gasteiger charge is 2.58. The van der Waals surface area contributed by atoms with Crippen molar-refractivity contribution in [1.29, 1.82) is 0 Å². The maximum absolute atomic E-state index is 13.3. The molecule has 3 heterocycles. The van der Waals surface area contributed by atoms with Gasteiger partial charge in [0.15, 0.2) is 0 Å². The second-order valence-corrected chi connectivity index (χ2v) is 8.26. The first-order valence-electron chi connectivity index (χ1n) is 9.62. The predicted octanol–water partition coefficient (Wildman–Crippen LogP) is 3.80. The van der Waals surface area contributed by atoms with Crippen molar-refractivity contribution in [2.75, 3.05) is 13.1 Å². The maximum Gasteiger partial charge on any atom is 0.418 e. The number of fused-ring (bicyclic) bond motifs is 1. The molecule has 28 heavy (non-hydrogen) atoms. The lowest BCUT2D eigenvalue weighted by Gasteiger charge is -2.19. The van der Waals surface area contributed by atoms with Crippen molar-refractivity contribution in [2.24, 2.45) is 11.8 Å². The van der Waals surface area contributed by atoms with Crippen molar-refractivity contribution in [1.82, 2.24) is 19.4 Å². The number of imidazole rings is 1. The summed E-state index contributed by atoms with van der Waals surface area (Å²) in [7, 11) is 0. The SMILES string of the molecule is CC(=O)N1C[C@@H]2[C@H](C1)[C@H]2n1cc(-c2cnc(C)c(C(F)(F)F)c2)nc1C1CC1. The number of carbonyl (C=O) groups is 1. The third kappa shape index (κ3) is 2.81. The number of likely N-dealkylation sites (tertiary alicyclic amines) is 1. The monoisotopic (exact) mass is 390 g/mol. The number of amides is 1. The summed E-state index contributed by atoms with van der Waals surface area (Å²) >= 11 is 0. The number of hydrogen-bond acceptors (Lipinski definition) is 3. The molecule has 5 nitrogen and oxygen atoms in total. The average molecular weight is 390 g/mol. The molecule has 2 aromatic heterocycles. The Bertz CT molecular complexity index is 951. The van der Waals surface area contributed by atoms with Crippen LogP contribution in [-0.2, 0) is 11.0 Å². The van der Waals surface area contributed by atoms with E-state index in [4.69, 9.17) is 4.98 Å². The third-order valence-corrected chi connectivity index (χ3v) is 6.31. The Balaban J connectivity index is 1.47. The van der Waals surface area contributed by atoms with E-state index in [0.717, 1.165) is 37.8 Å². The van der Waals surface area contributed by atoms with Crippen LogP contribution >= 0.6 is 0 Å². The molecule has 0 aromatic carbocycles. The molecule has 5 rings (SSSR count). The Morgan fingerprint density at radius 2 is 1.89 bits per heavy atom. The Morgan fingerprint density at radius 1 is 1.21 bits per heavy atom. The molecule has 0 bridgehead atoms. The van der Waals surface area contributed by atoms with Gasteiger partial charge in [-0.25, -0.2) is 4.98 Å². The quantitative estimate of drug-likeness (QED) is 0.801. The van der Waals surface area contributed by atoms with Gasteiger partial charge in [-0.2, -0.15) is 13.2 Å². The summed E-state index contributed by atoms with van der Waals surface area (Å²) in [6, 6.07) is 1.45. The van der Waals surface area contributed by atoms with E-state index in [0.29, 0.717) is 35.1 Å². The van der Waals surface area contributed by atoms with E-state index in [1.54, 1.807) is 6.92 Å². The van der Waals surface area contributed by atoms with Crippen LogP contribution in [0.1, 0.15) is 48.8 Å². The number of halogens is 3. The van der Waals surface area contributed by atoms with Gasteiger partial charge in [0.2, 0.25) is 5.91 Å². The first-order valence-corrected chi connectivity index (χ1v) is 9.62. The van der Waals surface area contributed by atoms with Crippen LogP contribution in [0, 0.1) is 18.8 Å². The largest absolute Gasteiger partial charge is 0.418 e. The minimum absolute atomic E-state index is 0.0286. The van der Waals surface area contributed by atoms with Crippen LogP contribution in [0.5, 0.6) is 0 Å². The van der Waals surface area contributed by atoms with E-state index >= 15 is 0 Å². The van der Waals surface area contributed by atoms with Crippen molar-refractivity contribution >= 4 is 5.91 Å². The number of aromatic nitrogens is 3. The molecule has 0 radical (unpaired) electrons. The molecule has 2 saturated carbocycles. The maximum atomic E-state index is 13.3. The zero-order chi connectivity index (χ0) is 19.8. The standard InChI is InChI=1S/C20H21F3N4O/c1-10-16(20(21,22)23)5-13(6-24-10)17-9-27(19(25-17)12-3-4-12)18-14-7-26(11(2)28)8-15(14)18/h5-6,9,12,14-15,18H,3-4,7-8H2,1-2H3/t14-,15+,18+. The van der Waals surface area contributed by atoms with Crippen molar-refractivity contribution in [3.05, 3.63) is 35.5 Å². The van der Waals surface area contributed by atoms with Crippen molar-refractivity contribution in [2.45, 2.75) is 44.8 Å². The highest BCUT2D eigenvalue weighted by molar-refractivity contribution is 5.74. The number of carbonyl (C=O) groups excluding carboxylic acids is 1. The van der Waals surface area contributed by atoms with E-state index in [1.165, 1.54) is 13.1 Å². The van der Waals surface area contributed by atoms with E-state index in [1.807, 2.05) is 11.1 Å². The van der Waals surface area contributed by atoms with Gasteiger partial charge in [0.25, 0.3) is 0 Å². The zero-order valence-corrected chi connectivity index (χ0v) is 15.7.